The molecule has 20 heavy (non-hydrogen) atoms. The highest BCUT2D eigenvalue weighted by Crippen LogP contribution is 2.37. The van der Waals surface area contributed by atoms with Crippen LogP contribution in [-0.4, -0.2) is 0 Å². The first kappa shape index (κ1) is 11.3. The normalized spacial score (nSPS) is 16.6. The minimum Gasteiger partial charge on any atom is -0.0906 e. The van der Waals surface area contributed by atoms with E-state index in [2.05, 4.69) is 73.4 Å². The Morgan fingerprint density at radius 1 is 0.800 bits per heavy atom. The van der Waals surface area contributed by atoms with Crippen LogP contribution in [0.1, 0.15) is 24.0 Å². The van der Waals surface area contributed by atoms with Gasteiger partial charge in [-0.05, 0) is 51.7 Å². The minimum absolute atomic E-state index is 0.259. The predicted octanol–water partition coefficient (Wildman–Crippen LogP) is 5.13. The largest absolute Gasteiger partial charge is 0.0906 e. The monoisotopic (exact) mass is 254 g/mol. The molecule has 1 unspecified atom stereocenters. The fourth-order valence-corrected chi connectivity index (χ4v) is 3.21. The van der Waals surface area contributed by atoms with Crippen LogP contribution >= 0.6 is 0 Å². The highest BCUT2D eigenvalue weighted by molar-refractivity contribution is 6.13. The molecule has 0 bridgehead atoms. The van der Waals surface area contributed by atoms with Gasteiger partial charge in [0.1, 0.15) is 0 Å². The molecule has 0 heteroatoms. The summed E-state index contributed by atoms with van der Waals surface area (Å²) in [6.45, 7) is 2.19. The van der Waals surface area contributed by atoms with Crippen molar-refractivity contribution >= 4 is 27.6 Å². The van der Waals surface area contributed by atoms with Gasteiger partial charge in [-0.15, -0.1) is 0 Å². The Hall–Kier alpha value is -2.52. The zero-order valence-electron chi connectivity index (χ0n) is 11.4. The first-order chi connectivity index (χ1) is 9.86. The second kappa shape index (κ2) is 4.25. The lowest BCUT2D eigenvalue weighted by Gasteiger charge is -2.16. The van der Waals surface area contributed by atoms with Gasteiger partial charge < -0.3 is 0 Å². The number of allylic oxidation sites excluding steroid dienone is 1. The molecular weight excluding hydrogens is 240 g/mol. The average molecular weight is 254 g/mol. The first-order valence-corrected chi connectivity index (χ1v) is 6.97. The molecule has 0 radical (unpaired) electrons. The molecule has 0 aliphatic heterocycles. The molecule has 4 rings (SSSR count). The third-order valence-corrected chi connectivity index (χ3v) is 4.08. The van der Waals surface area contributed by atoms with Crippen LogP contribution in [0.2, 0.25) is 0 Å². The van der Waals surface area contributed by atoms with Gasteiger partial charge in [0.2, 0.25) is 0 Å². The Kier molecular flexibility index (Phi) is 2.41. The molecule has 0 amide bonds. The summed E-state index contributed by atoms with van der Waals surface area (Å²) < 4.78 is 0. The summed E-state index contributed by atoms with van der Waals surface area (Å²) in [6.07, 6.45) is 4.14. The maximum absolute atomic E-state index is 3.32. The van der Waals surface area contributed by atoms with E-state index in [9.17, 15) is 0 Å². The highest BCUT2D eigenvalue weighted by Gasteiger charge is 2.16. The molecule has 0 nitrogen and oxygen atoms in total. The van der Waals surface area contributed by atoms with Gasteiger partial charge in [-0.3, -0.25) is 0 Å². The Morgan fingerprint density at radius 3 is 2.15 bits per heavy atom. The number of benzene rings is 3. The SMILES string of the molecule is CC1C#CC=Cc2c1c1ccccc1c1ccccc21. The Labute approximate surface area is 118 Å². The van der Waals surface area contributed by atoms with Crippen LogP contribution in [0.4, 0.5) is 0 Å². The van der Waals surface area contributed by atoms with Crippen LogP contribution in [-0.2, 0) is 0 Å². The molecular formula is C20H14. The van der Waals surface area contributed by atoms with Crippen LogP contribution in [0.5, 0.6) is 0 Å². The fraction of sp³-hybridized carbons (Fsp3) is 0.100. The third kappa shape index (κ3) is 1.50. The van der Waals surface area contributed by atoms with Gasteiger partial charge in [0.25, 0.3) is 0 Å². The van der Waals surface area contributed by atoms with Crippen LogP contribution in [0.3, 0.4) is 0 Å². The molecule has 1 aliphatic carbocycles. The lowest BCUT2D eigenvalue weighted by atomic mass is 9.86. The standard InChI is InChI=1S/C20H14/c1-14-8-2-3-12-18-16-10-5-4-9-15(16)17-11-6-7-13-19(17)20(14)18/h3-7,9-14H,1H3. The van der Waals surface area contributed by atoms with Crippen molar-refractivity contribution in [1.29, 1.82) is 0 Å². The number of rotatable bonds is 0. The summed E-state index contributed by atoms with van der Waals surface area (Å²) >= 11 is 0. The summed E-state index contributed by atoms with van der Waals surface area (Å²) in [5.41, 5.74) is 2.67. The smallest absolute Gasteiger partial charge is 0.0439 e. The van der Waals surface area contributed by atoms with Crippen molar-refractivity contribution in [2.45, 2.75) is 12.8 Å². The Bertz CT molecular complexity index is 917. The predicted molar refractivity (Wildman–Crippen MR) is 86.7 cm³/mol. The summed E-state index contributed by atoms with van der Waals surface area (Å²) in [7, 11) is 0. The van der Waals surface area contributed by atoms with Crippen molar-refractivity contribution in [2.75, 3.05) is 0 Å². The van der Waals surface area contributed by atoms with Crippen molar-refractivity contribution in [1.82, 2.24) is 0 Å². The van der Waals surface area contributed by atoms with Crippen molar-refractivity contribution in [3.8, 4) is 11.8 Å². The van der Waals surface area contributed by atoms with Crippen LogP contribution in [0.15, 0.2) is 54.6 Å². The quantitative estimate of drug-likeness (QED) is 0.385. The highest BCUT2D eigenvalue weighted by atomic mass is 14.2. The molecule has 0 fully saturated rings. The lowest BCUT2D eigenvalue weighted by Crippen LogP contribution is -1.97. The van der Waals surface area contributed by atoms with E-state index in [-0.39, 0.29) is 5.92 Å². The fourth-order valence-electron chi connectivity index (χ4n) is 3.21. The van der Waals surface area contributed by atoms with Crippen LogP contribution < -0.4 is 0 Å². The molecule has 0 spiro atoms. The van der Waals surface area contributed by atoms with E-state index in [4.69, 9.17) is 0 Å². The number of fused-ring (bicyclic) bond motifs is 6. The first-order valence-electron chi connectivity index (χ1n) is 6.97. The van der Waals surface area contributed by atoms with E-state index in [0.717, 1.165) is 0 Å². The minimum atomic E-state index is 0.259. The molecule has 94 valence electrons. The summed E-state index contributed by atoms with van der Waals surface area (Å²) in [5.74, 6) is 6.72. The van der Waals surface area contributed by atoms with E-state index < -0.39 is 0 Å². The van der Waals surface area contributed by atoms with E-state index in [1.165, 1.54) is 32.7 Å². The zero-order valence-corrected chi connectivity index (χ0v) is 11.4. The average Bonchev–Trinajstić information content (AvgIpc) is 2.70. The van der Waals surface area contributed by atoms with Crippen LogP contribution in [0.25, 0.3) is 27.6 Å². The molecule has 0 saturated heterocycles. The molecule has 0 heterocycles. The van der Waals surface area contributed by atoms with E-state index >= 15 is 0 Å². The number of hydrogen-bond donors (Lipinski definition) is 0. The second-order valence-corrected chi connectivity index (χ2v) is 5.26. The van der Waals surface area contributed by atoms with Gasteiger partial charge >= 0.3 is 0 Å². The number of hydrogen-bond acceptors (Lipinski definition) is 0. The molecule has 1 atom stereocenters. The summed E-state index contributed by atoms with van der Waals surface area (Å²) in [5, 5.41) is 5.29. The van der Waals surface area contributed by atoms with E-state index in [1.807, 2.05) is 6.08 Å². The Balaban J connectivity index is 2.32. The topological polar surface area (TPSA) is 0 Å². The Morgan fingerprint density at radius 2 is 1.40 bits per heavy atom. The van der Waals surface area contributed by atoms with Gasteiger partial charge in [0.15, 0.2) is 0 Å². The molecule has 1 aliphatic rings. The van der Waals surface area contributed by atoms with Crippen molar-refractivity contribution < 1.29 is 0 Å². The van der Waals surface area contributed by atoms with Gasteiger partial charge in [-0.25, -0.2) is 0 Å². The van der Waals surface area contributed by atoms with Crippen LogP contribution in [0, 0.1) is 11.8 Å². The lowest BCUT2D eigenvalue weighted by molar-refractivity contribution is 1.02. The molecule has 3 aromatic rings. The van der Waals surface area contributed by atoms with Crippen molar-refractivity contribution in [3.63, 3.8) is 0 Å². The van der Waals surface area contributed by atoms with E-state index in [1.54, 1.807) is 0 Å². The van der Waals surface area contributed by atoms with Crippen molar-refractivity contribution in [2.24, 2.45) is 0 Å². The van der Waals surface area contributed by atoms with Gasteiger partial charge in [-0.2, -0.15) is 0 Å². The van der Waals surface area contributed by atoms with Gasteiger partial charge in [-0.1, -0.05) is 60.4 Å². The van der Waals surface area contributed by atoms with Crippen molar-refractivity contribution in [3.05, 3.63) is 65.7 Å². The third-order valence-electron chi connectivity index (χ3n) is 4.08. The second-order valence-electron chi connectivity index (χ2n) is 5.26. The summed E-state index contributed by atoms with van der Waals surface area (Å²) in [4.78, 5) is 0. The van der Waals surface area contributed by atoms with Gasteiger partial charge in [0, 0.05) is 5.92 Å². The molecule has 3 aromatic carbocycles. The summed E-state index contributed by atoms with van der Waals surface area (Å²) in [6, 6.07) is 17.3. The molecule has 0 saturated carbocycles. The van der Waals surface area contributed by atoms with Gasteiger partial charge in [0.05, 0.1) is 0 Å². The maximum Gasteiger partial charge on any atom is 0.0439 e. The van der Waals surface area contributed by atoms with E-state index in [0.29, 0.717) is 0 Å². The molecule has 0 aromatic heterocycles. The molecule has 0 N–H and O–H groups in total. The maximum atomic E-state index is 3.32. The zero-order chi connectivity index (χ0) is 13.5.